The minimum atomic E-state index is 0.585. The van der Waals surface area contributed by atoms with Crippen LogP contribution in [0.4, 0.5) is 0 Å². The van der Waals surface area contributed by atoms with Crippen molar-refractivity contribution in [2.45, 2.75) is 51.6 Å². The highest BCUT2D eigenvalue weighted by Gasteiger charge is 2.21. The highest BCUT2D eigenvalue weighted by Crippen LogP contribution is 2.17. The summed E-state index contributed by atoms with van der Waals surface area (Å²) in [4.78, 5) is 2.66. The van der Waals surface area contributed by atoms with Gasteiger partial charge in [0.25, 0.3) is 0 Å². The van der Waals surface area contributed by atoms with Crippen molar-refractivity contribution in [1.82, 2.24) is 20.0 Å². The van der Waals surface area contributed by atoms with Crippen LogP contribution in [-0.4, -0.2) is 46.4 Å². The summed E-state index contributed by atoms with van der Waals surface area (Å²) in [7, 11) is 1.99. The Balaban J connectivity index is 1.81. The number of hydrogen-bond donors (Lipinski definition) is 1. The highest BCUT2D eigenvalue weighted by molar-refractivity contribution is 5.04. The molecule has 0 amide bonds. The molecule has 2 rings (SSSR count). The Morgan fingerprint density at radius 1 is 1.42 bits per heavy atom. The van der Waals surface area contributed by atoms with Crippen LogP contribution in [0.15, 0.2) is 12.4 Å². The summed E-state index contributed by atoms with van der Waals surface area (Å²) in [6.07, 6.45) is 9.31. The predicted molar refractivity (Wildman–Crippen MR) is 79.3 cm³/mol. The smallest absolute Gasteiger partial charge is 0.0522 e. The fourth-order valence-electron chi connectivity index (χ4n) is 2.83. The van der Waals surface area contributed by atoms with Gasteiger partial charge in [0.1, 0.15) is 0 Å². The molecule has 0 bridgehead atoms. The van der Waals surface area contributed by atoms with E-state index in [-0.39, 0.29) is 0 Å². The molecule has 1 N–H and O–H groups in total. The van der Waals surface area contributed by atoms with Crippen molar-refractivity contribution in [3.63, 3.8) is 0 Å². The van der Waals surface area contributed by atoms with E-state index in [2.05, 4.69) is 35.4 Å². The number of nitrogens with zero attached hydrogens (tertiary/aromatic N) is 3. The zero-order valence-corrected chi connectivity index (χ0v) is 12.6. The highest BCUT2D eigenvalue weighted by atomic mass is 15.2. The van der Waals surface area contributed by atoms with Gasteiger partial charge < -0.3 is 5.32 Å². The molecule has 1 aliphatic rings. The number of piperidine rings is 1. The number of nitrogens with one attached hydrogen (secondary N) is 1. The van der Waals surface area contributed by atoms with E-state index in [0.29, 0.717) is 12.1 Å². The molecule has 0 aliphatic carbocycles. The van der Waals surface area contributed by atoms with E-state index in [1.54, 1.807) is 0 Å². The van der Waals surface area contributed by atoms with E-state index in [0.717, 1.165) is 19.5 Å². The Bertz CT molecular complexity index is 372. The van der Waals surface area contributed by atoms with E-state index in [4.69, 9.17) is 0 Å². The third-order valence-electron chi connectivity index (χ3n) is 3.96. The molecule has 1 atom stereocenters. The number of aryl methyl sites for hydroxylation is 1. The van der Waals surface area contributed by atoms with Crippen LogP contribution < -0.4 is 5.32 Å². The second kappa shape index (κ2) is 7.06. The molecule has 108 valence electrons. The van der Waals surface area contributed by atoms with Crippen molar-refractivity contribution in [3.8, 4) is 0 Å². The average molecular weight is 264 g/mol. The van der Waals surface area contributed by atoms with Crippen LogP contribution >= 0.6 is 0 Å². The maximum atomic E-state index is 4.24. The molecule has 0 radical (unpaired) electrons. The fraction of sp³-hybridized carbons (Fsp3) is 0.800. The van der Waals surface area contributed by atoms with E-state index < -0.39 is 0 Å². The first kappa shape index (κ1) is 14.5. The fourth-order valence-corrected chi connectivity index (χ4v) is 2.83. The molecular formula is C15H28N4. The normalized spacial score (nSPS) is 21.2. The van der Waals surface area contributed by atoms with Gasteiger partial charge in [0.2, 0.25) is 0 Å². The van der Waals surface area contributed by atoms with Crippen LogP contribution in [0.5, 0.6) is 0 Å². The Hall–Kier alpha value is -0.870. The second-order valence-corrected chi connectivity index (χ2v) is 6.02. The third kappa shape index (κ3) is 4.62. The number of rotatable bonds is 6. The Morgan fingerprint density at radius 3 is 2.95 bits per heavy atom. The zero-order valence-electron chi connectivity index (χ0n) is 12.6. The molecule has 1 unspecified atom stereocenters. The molecule has 0 aromatic carbocycles. The lowest BCUT2D eigenvalue weighted by atomic mass is 10.0. The van der Waals surface area contributed by atoms with Gasteiger partial charge in [-0.15, -0.1) is 0 Å². The molecule has 0 spiro atoms. The first-order valence-electron chi connectivity index (χ1n) is 7.60. The van der Waals surface area contributed by atoms with Crippen LogP contribution in [0, 0.1) is 0 Å². The minimum absolute atomic E-state index is 0.585. The summed E-state index contributed by atoms with van der Waals surface area (Å²) in [5, 5.41) is 7.83. The van der Waals surface area contributed by atoms with Crippen LogP contribution in [-0.2, 0) is 13.5 Å². The van der Waals surface area contributed by atoms with Gasteiger partial charge in [-0.25, -0.2) is 0 Å². The maximum absolute atomic E-state index is 4.24. The molecule has 0 saturated carbocycles. The SMILES string of the molecule is CC(C)NCC1CCCCN1CCc1cnn(C)c1. The summed E-state index contributed by atoms with van der Waals surface area (Å²) >= 11 is 0. The molecule has 2 heterocycles. The minimum Gasteiger partial charge on any atom is -0.313 e. The summed E-state index contributed by atoms with van der Waals surface area (Å²) < 4.78 is 1.89. The largest absolute Gasteiger partial charge is 0.313 e. The van der Waals surface area contributed by atoms with Gasteiger partial charge in [0.05, 0.1) is 6.20 Å². The topological polar surface area (TPSA) is 33.1 Å². The average Bonchev–Trinajstić information content (AvgIpc) is 2.80. The van der Waals surface area contributed by atoms with Crippen molar-refractivity contribution in [1.29, 1.82) is 0 Å². The second-order valence-electron chi connectivity index (χ2n) is 6.02. The van der Waals surface area contributed by atoms with Crippen molar-refractivity contribution in [2.75, 3.05) is 19.6 Å². The predicted octanol–water partition coefficient (Wildman–Crippen LogP) is 1.82. The van der Waals surface area contributed by atoms with E-state index in [1.165, 1.54) is 31.4 Å². The molecule has 1 fully saturated rings. The van der Waals surface area contributed by atoms with Gasteiger partial charge in [0, 0.05) is 38.4 Å². The van der Waals surface area contributed by atoms with E-state index in [9.17, 15) is 0 Å². The third-order valence-corrected chi connectivity index (χ3v) is 3.96. The molecule has 4 heteroatoms. The van der Waals surface area contributed by atoms with Crippen molar-refractivity contribution < 1.29 is 0 Å². The van der Waals surface area contributed by atoms with Gasteiger partial charge in [-0.1, -0.05) is 20.3 Å². The van der Waals surface area contributed by atoms with Crippen molar-refractivity contribution in [2.24, 2.45) is 7.05 Å². The molecular weight excluding hydrogens is 236 g/mol. The summed E-state index contributed by atoms with van der Waals surface area (Å²) in [6, 6.07) is 1.30. The first-order chi connectivity index (χ1) is 9.15. The Labute approximate surface area is 117 Å². The van der Waals surface area contributed by atoms with Gasteiger partial charge in [0.15, 0.2) is 0 Å². The van der Waals surface area contributed by atoms with Gasteiger partial charge in [-0.3, -0.25) is 9.58 Å². The van der Waals surface area contributed by atoms with Crippen molar-refractivity contribution in [3.05, 3.63) is 18.0 Å². The van der Waals surface area contributed by atoms with Gasteiger partial charge in [-0.2, -0.15) is 5.10 Å². The molecule has 19 heavy (non-hydrogen) atoms. The van der Waals surface area contributed by atoms with Crippen molar-refractivity contribution >= 4 is 0 Å². The maximum Gasteiger partial charge on any atom is 0.0522 e. The van der Waals surface area contributed by atoms with Crippen LogP contribution in [0.25, 0.3) is 0 Å². The zero-order chi connectivity index (χ0) is 13.7. The lowest BCUT2D eigenvalue weighted by Gasteiger charge is -2.36. The number of hydrogen-bond acceptors (Lipinski definition) is 3. The standard InChI is InChI=1S/C15H28N4/c1-13(2)16-11-15-6-4-5-8-19(15)9-7-14-10-17-18(3)12-14/h10,12-13,15-16H,4-9,11H2,1-3H3. The number of likely N-dealkylation sites (tertiary alicyclic amines) is 1. The molecule has 1 aromatic rings. The van der Waals surface area contributed by atoms with Crippen LogP contribution in [0.2, 0.25) is 0 Å². The monoisotopic (exact) mass is 264 g/mol. The Kier molecular flexibility index (Phi) is 5.40. The Morgan fingerprint density at radius 2 is 2.26 bits per heavy atom. The van der Waals surface area contributed by atoms with Crippen LogP contribution in [0.1, 0.15) is 38.7 Å². The molecule has 1 aliphatic heterocycles. The summed E-state index contributed by atoms with van der Waals surface area (Å²) in [6.45, 7) is 8.00. The van der Waals surface area contributed by atoms with Crippen LogP contribution in [0.3, 0.4) is 0 Å². The van der Waals surface area contributed by atoms with Gasteiger partial charge in [-0.05, 0) is 31.4 Å². The van der Waals surface area contributed by atoms with E-state index in [1.807, 2.05) is 17.9 Å². The lowest BCUT2D eigenvalue weighted by Crippen LogP contribution is -2.47. The molecule has 4 nitrogen and oxygen atoms in total. The summed E-state index contributed by atoms with van der Waals surface area (Å²) in [5.41, 5.74) is 1.35. The first-order valence-corrected chi connectivity index (χ1v) is 7.60. The molecule has 1 saturated heterocycles. The van der Waals surface area contributed by atoms with Gasteiger partial charge >= 0.3 is 0 Å². The van der Waals surface area contributed by atoms with E-state index >= 15 is 0 Å². The molecule has 1 aromatic heterocycles. The lowest BCUT2D eigenvalue weighted by molar-refractivity contribution is 0.145. The summed E-state index contributed by atoms with van der Waals surface area (Å²) in [5.74, 6) is 0. The quantitative estimate of drug-likeness (QED) is 0.851. The number of aromatic nitrogens is 2.